The minimum absolute atomic E-state index is 0.0112. The van der Waals surface area contributed by atoms with Crippen LogP contribution in [0.2, 0.25) is 0 Å². The van der Waals surface area contributed by atoms with Gasteiger partial charge in [0.1, 0.15) is 5.75 Å². The molecule has 0 aliphatic carbocycles. The first kappa shape index (κ1) is 11.2. The number of benzene rings is 2. The number of carbonyl (C=O) groups is 1. The Kier molecular flexibility index (Phi) is 3.10. The van der Waals surface area contributed by atoms with Crippen molar-refractivity contribution in [3.8, 4) is 5.75 Å². The second-order valence-corrected chi connectivity index (χ2v) is 3.90. The Labute approximate surface area is 99.5 Å². The number of aromatic hydroxyl groups is 1. The number of hydrogen-bond acceptors (Lipinski definition) is 3. The first-order valence-corrected chi connectivity index (χ1v) is 5.32. The molecule has 2 aromatic carbocycles. The van der Waals surface area contributed by atoms with Crippen LogP contribution in [0.3, 0.4) is 0 Å². The second-order valence-electron chi connectivity index (χ2n) is 3.90. The number of anilines is 1. The SMILES string of the molecule is Nc1cccc(C(=O)Cc2cccc(O)c2)c1. The van der Waals surface area contributed by atoms with Crippen molar-refractivity contribution in [1.82, 2.24) is 0 Å². The van der Waals surface area contributed by atoms with Gasteiger partial charge in [-0.1, -0.05) is 24.3 Å². The molecule has 0 atom stereocenters. The summed E-state index contributed by atoms with van der Waals surface area (Å²) >= 11 is 0. The molecule has 0 heterocycles. The molecule has 0 radical (unpaired) electrons. The van der Waals surface area contributed by atoms with E-state index in [1.165, 1.54) is 0 Å². The fourth-order valence-corrected chi connectivity index (χ4v) is 1.67. The number of phenolic OH excluding ortho intramolecular Hbond substituents is 1. The van der Waals surface area contributed by atoms with E-state index in [9.17, 15) is 9.90 Å². The normalized spacial score (nSPS) is 10.1. The van der Waals surface area contributed by atoms with Crippen LogP contribution in [-0.2, 0) is 6.42 Å². The summed E-state index contributed by atoms with van der Waals surface area (Å²) < 4.78 is 0. The van der Waals surface area contributed by atoms with Gasteiger partial charge in [-0.2, -0.15) is 0 Å². The molecule has 0 fully saturated rings. The van der Waals surface area contributed by atoms with E-state index < -0.39 is 0 Å². The molecule has 0 spiro atoms. The van der Waals surface area contributed by atoms with Gasteiger partial charge in [-0.25, -0.2) is 0 Å². The summed E-state index contributed by atoms with van der Waals surface area (Å²) in [5, 5.41) is 9.31. The van der Waals surface area contributed by atoms with E-state index in [2.05, 4.69) is 0 Å². The van der Waals surface area contributed by atoms with Crippen LogP contribution in [0.4, 0.5) is 5.69 Å². The van der Waals surface area contributed by atoms with E-state index in [4.69, 9.17) is 5.73 Å². The van der Waals surface area contributed by atoms with E-state index >= 15 is 0 Å². The minimum atomic E-state index is -0.0112. The number of ketones is 1. The van der Waals surface area contributed by atoms with E-state index in [0.29, 0.717) is 11.3 Å². The Morgan fingerprint density at radius 2 is 1.88 bits per heavy atom. The fourth-order valence-electron chi connectivity index (χ4n) is 1.67. The Morgan fingerprint density at radius 1 is 1.12 bits per heavy atom. The molecule has 2 aromatic rings. The van der Waals surface area contributed by atoms with E-state index in [1.54, 1.807) is 42.5 Å². The van der Waals surface area contributed by atoms with Crippen LogP contribution >= 0.6 is 0 Å². The predicted octanol–water partition coefficient (Wildman–Crippen LogP) is 2.40. The summed E-state index contributed by atoms with van der Waals surface area (Å²) in [5.41, 5.74) is 7.58. The molecule has 3 N–H and O–H groups in total. The predicted molar refractivity (Wildman–Crippen MR) is 67.0 cm³/mol. The lowest BCUT2D eigenvalue weighted by Crippen LogP contribution is -2.03. The number of phenols is 1. The van der Waals surface area contributed by atoms with Gasteiger partial charge in [-0.3, -0.25) is 4.79 Å². The highest BCUT2D eigenvalue weighted by Crippen LogP contribution is 2.14. The lowest BCUT2D eigenvalue weighted by molar-refractivity contribution is 0.0993. The van der Waals surface area contributed by atoms with Crippen molar-refractivity contribution in [1.29, 1.82) is 0 Å². The van der Waals surface area contributed by atoms with Crippen LogP contribution in [0.25, 0.3) is 0 Å². The van der Waals surface area contributed by atoms with Gasteiger partial charge in [0, 0.05) is 17.7 Å². The summed E-state index contributed by atoms with van der Waals surface area (Å²) in [4.78, 5) is 11.9. The highest BCUT2D eigenvalue weighted by atomic mass is 16.3. The molecule has 86 valence electrons. The molecule has 0 aliphatic rings. The molecule has 17 heavy (non-hydrogen) atoms. The van der Waals surface area contributed by atoms with Crippen molar-refractivity contribution in [2.24, 2.45) is 0 Å². The van der Waals surface area contributed by atoms with Crippen molar-refractivity contribution in [2.75, 3.05) is 5.73 Å². The Hall–Kier alpha value is -2.29. The Balaban J connectivity index is 2.17. The maximum atomic E-state index is 11.9. The third-order valence-corrected chi connectivity index (χ3v) is 2.48. The molecule has 3 nitrogen and oxygen atoms in total. The van der Waals surface area contributed by atoms with Gasteiger partial charge >= 0.3 is 0 Å². The highest BCUT2D eigenvalue weighted by molar-refractivity contribution is 5.98. The molecule has 2 rings (SSSR count). The van der Waals surface area contributed by atoms with Crippen molar-refractivity contribution >= 4 is 11.5 Å². The number of nitrogen functional groups attached to an aromatic ring is 1. The van der Waals surface area contributed by atoms with E-state index in [-0.39, 0.29) is 18.0 Å². The number of Topliss-reactive ketones (excluding diaryl/α,β-unsaturated/α-hetero) is 1. The van der Waals surface area contributed by atoms with Crippen molar-refractivity contribution in [2.45, 2.75) is 6.42 Å². The number of nitrogens with two attached hydrogens (primary N) is 1. The van der Waals surface area contributed by atoms with Crippen LogP contribution in [-0.4, -0.2) is 10.9 Å². The first-order valence-electron chi connectivity index (χ1n) is 5.32. The summed E-state index contributed by atoms with van der Waals surface area (Å²) in [7, 11) is 0. The molecular weight excluding hydrogens is 214 g/mol. The van der Waals surface area contributed by atoms with Crippen molar-refractivity contribution in [3.63, 3.8) is 0 Å². The molecule has 0 bridgehead atoms. The second kappa shape index (κ2) is 4.70. The van der Waals surface area contributed by atoms with Gasteiger partial charge in [0.15, 0.2) is 5.78 Å². The number of carbonyl (C=O) groups excluding carboxylic acids is 1. The van der Waals surface area contributed by atoms with Crippen LogP contribution in [0.1, 0.15) is 15.9 Å². The van der Waals surface area contributed by atoms with Gasteiger partial charge < -0.3 is 10.8 Å². The van der Waals surface area contributed by atoms with Crippen LogP contribution < -0.4 is 5.73 Å². The summed E-state index contributed by atoms with van der Waals surface area (Å²) in [6, 6.07) is 13.6. The average molecular weight is 227 g/mol. The summed E-state index contributed by atoms with van der Waals surface area (Å²) in [5.74, 6) is 0.158. The van der Waals surface area contributed by atoms with Crippen molar-refractivity contribution in [3.05, 3.63) is 59.7 Å². The maximum Gasteiger partial charge on any atom is 0.167 e. The maximum absolute atomic E-state index is 11.9. The highest BCUT2D eigenvalue weighted by Gasteiger charge is 2.07. The van der Waals surface area contributed by atoms with Gasteiger partial charge in [0.2, 0.25) is 0 Å². The quantitative estimate of drug-likeness (QED) is 0.625. The topological polar surface area (TPSA) is 63.3 Å². The van der Waals surface area contributed by atoms with Crippen LogP contribution in [0.5, 0.6) is 5.75 Å². The van der Waals surface area contributed by atoms with Crippen molar-refractivity contribution < 1.29 is 9.90 Å². The van der Waals surface area contributed by atoms with E-state index in [0.717, 1.165) is 5.56 Å². The zero-order valence-electron chi connectivity index (χ0n) is 9.26. The molecule has 0 aromatic heterocycles. The standard InChI is InChI=1S/C14H13NO2/c15-12-5-2-4-11(9-12)14(17)8-10-3-1-6-13(16)7-10/h1-7,9,16H,8,15H2. The average Bonchev–Trinajstić information content (AvgIpc) is 2.29. The third-order valence-electron chi connectivity index (χ3n) is 2.48. The molecule has 3 heteroatoms. The fraction of sp³-hybridized carbons (Fsp3) is 0.0714. The van der Waals surface area contributed by atoms with Crippen LogP contribution in [0, 0.1) is 0 Å². The van der Waals surface area contributed by atoms with Gasteiger partial charge in [0.25, 0.3) is 0 Å². The zero-order valence-corrected chi connectivity index (χ0v) is 9.26. The zero-order chi connectivity index (χ0) is 12.3. The minimum Gasteiger partial charge on any atom is -0.508 e. The Bertz CT molecular complexity index is 549. The lowest BCUT2D eigenvalue weighted by atomic mass is 10.0. The molecule has 0 amide bonds. The molecule has 0 unspecified atom stereocenters. The first-order chi connectivity index (χ1) is 8.15. The van der Waals surface area contributed by atoms with Gasteiger partial charge in [-0.15, -0.1) is 0 Å². The molecule has 0 aliphatic heterocycles. The monoisotopic (exact) mass is 227 g/mol. The summed E-state index contributed by atoms with van der Waals surface area (Å²) in [6.45, 7) is 0. The van der Waals surface area contributed by atoms with E-state index in [1.807, 2.05) is 6.07 Å². The Morgan fingerprint density at radius 3 is 2.59 bits per heavy atom. The third kappa shape index (κ3) is 2.84. The number of rotatable bonds is 3. The molecule has 0 saturated carbocycles. The largest absolute Gasteiger partial charge is 0.508 e. The van der Waals surface area contributed by atoms with Crippen LogP contribution in [0.15, 0.2) is 48.5 Å². The lowest BCUT2D eigenvalue weighted by Gasteiger charge is -2.03. The number of hydrogen-bond donors (Lipinski definition) is 2. The summed E-state index contributed by atoms with van der Waals surface area (Å²) in [6.07, 6.45) is 0.262. The molecular formula is C14H13NO2. The van der Waals surface area contributed by atoms with Gasteiger partial charge in [-0.05, 0) is 29.8 Å². The van der Waals surface area contributed by atoms with Gasteiger partial charge in [0.05, 0.1) is 0 Å². The smallest absolute Gasteiger partial charge is 0.167 e. The molecule has 0 saturated heterocycles.